The zero-order valence-electron chi connectivity index (χ0n) is 15.5. The van der Waals surface area contributed by atoms with Gasteiger partial charge < -0.3 is 14.5 Å². The predicted octanol–water partition coefficient (Wildman–Crippen LogP) is 2.30. The molecule has 4 rings (SSSR count). The van der Waals surface area contributed by atoms with Gasteiger partial charge in [-0.3, -0.25) is 9.59 Å². The molecule has 3 saturated heterocycles. The van der Waals surface area contributed by atoms with Gasteiger partial charge in [0, 0.05) is 51.7 Å². The van der Waals surface area contributed by atoms with Gasteiger partial charge in [-0.15, -0.1) is 0 Å². The SMILES string of the molecule is C[C@H]1C[C@H]1C(=O)N1CCC2(CCC(=O)N(CC3CCOCC3)C2)CC1. The lowest BCUT2D eigenvalue weighted by atomic mass is 9.72. The van der Waals surface area contributed by atoms with E-state index in [0.717, 1.165) is 77.9 Å². The van der Waals surface area contributed by atoms with Gasteiger partial charge in [-0.25, -0.2) is 0 Å². The highest BCUT2D eigenvalue weighted by Gasteiger charge is 2.46. The van der Waals surface area contributed by atoms with E-state index in [-0.39, 0.29) is 5.41 Å². The fraction of sp³-hybridized carbons (Fsp3) is 0.900. The minimum atomic E-state index is 0.255. The average Bonchev–Trinajstić information content (AvgIpc) is 3.36. The van der Waals surface area contributed by atoms with Crippen LogP contribution < -0.4 is 0 Å². The molecular formula is C20H32N2O3. The van der Waals surface area contributed by atoms with Crippen LogP contribution in [0.5, 0.6) is 0 Å². The summed E-state index contributed by atoms with van der Waals surface area (Å²) < 4.78 is 5.45. The Morgan fingerprint density at radius 2 is 1.88 bits per heavy atom. The Labute approximate surface area is 151 Å². The van der Waals surface area contributed by atoms with E-state index in [9.17, 15) is 9.59 Å². The van der Waals surface area contributed by atoms with Gasteiger partial charge in [-0.2, -0.15) is 0 Å². The first-order valence-corrected chi connectivity index (χ1v) is 10.2. The van der Waals surface area contributed by atoms with Gasteiger partial charge in [-0.1, -0.05) is 6.92 Å². The number of likely N-dealkylation sites (tertiary alicyclic amines) is 2. The van der Waals surface area contributed by atoms with Crippen molar-refractivity contribution in [2.75, 3.05) is 39.4 Å². The predicted molar refractivity (Wildman–Crippen MR) is 94.9 cm³/mol. The van der Waals surface area contributed by atoms with E-state index in [2.05, 4.69) is 16.7 Å². The minimum Gasteiger partial charge on any atom is -0.381 e. The van der Waals surface area contributed by atoms with Crippen molar-refractivity contribution in [3.05, 3.63) is 0 Å². The summed E-state index contributed by atoms with van der Waals surface area (Å²) in [5.74, 6) is 2.21. The second-order valence-corrected chi connectivity index (χ2v) is 8.97. The highest BCUT2D eigenvalue weighted by atomic mass is 16.5. The second kappa shape index (κ2) is 6.90. The van der Waals surface area contributed by atoms with Crippen LogP contribution >= 0.6 is 0 Å². The van der Waals surface area contributed by atoms with Crippen LogP contribution in [-0.2, 0) is 14.3 Å². The maximum Gasteiger partial charge on any atom is 0.225 e. The summed E-state index contributed by atoms with van der Waals surface area (Å²) in [4.78, 5) is 29.1. The normalized spacial score (nSPS) is 32.9. The maximum absolute atomic E-state index is 12.5. The maximum atomic E-state index is 12.5. The molecule has 0 aromatic rings. The lowest BCUT2D eigenvalue weighted by Gasteiger charge is -2.48. The molecule has 0 radical (unpaired) electrons. The molecule has 0 unspecified atom stereocenters. The minimum absolute atomic E-state index is 0.255. The van der Waals surface area contributed by atoms with Gasteiger partial charge in [0.15, 0.2) is 0 Å². The van der Waals surface area contributed by atoms with E-state index in [1.807, 2.05) is 0 Å². The second-order valence-electron chi connectivity index (χ2n) is 8.97. The van der Waals surface area contributed by atoms with Gasteiger partial charge in [-0.05, 0) is 55.8 Å². The molecule has 1 aliphatic carbocycles. The van der Waals surface area contributed by atoms with Crippen molar-refractivity contribution in [3.63, 3.8) is 0 Å². The molecule has 2 atom stereocenters. The number of piperidine rings is 2. The molecule has 4 fully saturated rings. The largest absolute Gasteiger partial charge is 0.381 e. The van der Waals surface area contributed by atoms with Crippen LogP contribution in [0.4, 0.5) is 0 Å². The molecule has 140 valence electrons. The highest BCUT2D eigenvalue weighted by Crippen LogP contribution is 2.43. The summed E-state index contributed by atoms with van der Waals surface area (Å²) in [5, 5.41) is 0. The number of hydrogen-bond donors (Lipinski definition) is 0. The van der Waals surface area contributed by atoms with Crippen LogP contribution in [-0.4, -0.2) is 61.0 Å². The summed E-state index contributed by atoms with van der Waals surface area (Å²) in [7, 11) is 0. The van der Waals surface area contributed by atoms with Gasteiger partial charge in [0.2, 0.25) is 11.8 Å². The van der Waals surface area contributed by atoms with Crippen molar-refractivity contribution in [1.29, 1.82) is 0 Å². The number of rotatable bonds is 3. The number of nitrogens with zero attached hydrogens (tertiary/aromatic N) is 2. The van der Waals surface area contributed by atoms with Gasteiger partial charge >= 0.3 is 0 Å². The smallest absolute Gasteiger partial charge is 0.225 e. The Morgan fingerprint density at radius 3 is 2.52 bits per heavy atom. The first kappa shape index (κ1) is 17.3. The van der Waals surface area contributed by atoms with E-state index in [1.54, 1.807) is 0 Å². The molecular weight excluding hydrogens is 316 g/mol. The van der Waals surface area contributed by atoms with Crippen molar-refractivity contribution in [2.24, 2.45) is 23.2 Å². The first-order chi connectivity index (χ1) is 12.1. The molecule has 0 aromatic carbocycles. The number of hydrogen-bond acceptors (Lipinski definition) is 3. The summed E-state index contributed by atoms with van der Waals surface area (Å²) in [6, 6.07) is 0. The molecule has 25 heavy (non-hydrogen) atoms. The monoisotopic (exact) mass is 348 g/mol. The van der Waals surface area contributed by atoms with Crippen molar-refractivity contribution < 1.29 is 14.3 Å². The van der Waals surface area contributed by atoms with Crippen LogP contribution in [0.2, 0.25) is 0 Å². The van der Waals surface area contributed by atoms with Crippen LogP contribution in [0.1, 0.15) is 51.9 Å². The van der Waals surface area contributed by atoms with Crippen molar-refractivity contribution in [3.8, 4) is 0 Å². The van der Waals surface area contributed by atoms with E-state index < -0.39 is 0 Å². The number of amides is 2. The van der Waals surface area contributed by atoms with Crippen LogP contribution in [0, 0.1) is 23.2 Å². The standard InChI is InChI=1S/C20H32N2O3/c1-15-12-17(15)19(24)21-8-6-20(7-9-21)5-2-18(23)22(14-20)13-16-3-10-25-11-4-16/h15-17H,2-14H2,1H3/t15-,17+/m0/s1. The summed E-state index contributed by atoms with van der Waals surface area (Å²) in [6.45, 7) is 7.46. The molecule has 0 N–H and O–H groups in total. The summed E-state index contributed by atoms with van der Waals surface area (Å²) >= 11 is 0. The average molecular weight is 348 g/mol. The molecule has 0 bridgehead atoms. The molecule has 4 aliphatic rings. The molecule has 3 heterocycles. The van der Waals surface area contributed by atoms with Gasteiger partial charge in [0.25, 0.3) is 0 Å². The number of carbonyl (C=O) groups excluding carboxylic acids is 2. The zero-order valence-corrected chi connectivity index (χ0v) is 15.5. The van der Waals surface area contributed by atoms with E-state index in [0.29, 0.717) is 36.0 Å². The van der Waals surface area contributed by atoms with Gasteiger partial charge in [0.05, 0.1) is 0 Å². The Kier molecular flexibility index (Phi) is 4.78. The number of ether oxygens (including phenoxy) is 1. The summed E-state index contributed by atoms with van der Waals surface area (Å²) in [5.41, 5.74) is 0.255. The van der Waals surface area contributed by atoms with Gasteiger partial charge in [0.1, 0.15) is 0 Å². The van der Waals surface area contributed by atoms with E-state index >= 15 is 0 Å². The third-order valence-corrected chi connectivity index (χ3v) is 7.13. The van der Waals surface area contributed by atoms with Crippen molar-refractivity contribution in [2.45, 2.75) is 51.9 Å². The molecule has 5 heteroatoms. The molecule has 0 aromatic heterocycles. The Hall–Kier alpha value is -1.10. The molecule has 3 aliphatic heterocycles. The van der Waals surface area contributed by atoms with Crippen molar-refractivity contribution >= 4 is 11.8 Å². The van der Waals surface area contributed by atoms with Crippen LogP contribution in [0.25, 0.3) is 0 Å². The number of carbonyl (C=O) groups is 2. The molecule has 1 saturated carbocycles. The molecule has 5 nitrogen and oxygen atoms in total. The van der Waals surface area contributed by atoms with Crippen LogP contribution in [0.15, 0.2) is 0 Å². The lowest BCUT2D eigenvalue weighted by molar-refractivity contribution is -0.144. The van der Waals surface area contributed by atoms with E-state index in [1.165, 1.54) is 0 Å². The lowest BCUT2D eigenvalue weighted by Crippen LogP contribution is -2.53. The van der Waals surface area contributed by atoms with Crippen molar-refractivity contribution in [1.82, 2.24) is 9.80 Å². The topological polar surface area (TPSA) is 49.9 Å². The van der Waals surface area contributed by atoms with E-state index in [4.69, 9.17) is 4.74 Å². The molecule has 1 spiro atoms. The Morgan fingerprint density at radius 1 is 1.20 bits per heavy atom. The van der Waals surface area contributed by atoms with Crippen LogP contribution in [0.3, 0.4) is 0 Å². The fourth-order valence-corrected chi connectivity index (χ4v) is 5.02. The molecule has 2 amide bonds. The third-order valence-electron chi connectivity index (χ3n) is 7.13. The highest BCUT2D eigenvalue weighted by molar-refractivity contribution is 5.81. The third kappa shape index (κ3) is 3.71. The summed E-state index contributed by atoms with van der Waals surface area (Å²) in [6.07, 6.45) is 7.08. The first-order valence-electron chi connectivity index (χ1n) is 10.2. The zero-order chi connectivity index (χ0) is 17.4. The Balaban J connectivity index is 1.32. The fourth-order valence-electron chi connectivity index (χ4n) is 5.02. The Bertz CT molecular complexity index is 521. The quantitative estimate of drug-likeness (QED) is 0.786.